The molecular weight excluding hydrogens is 365 g/mol. The third-order valence-corrected chi connectivity index (χ3v) is 3.88. The highest BCUT2D eigenvalue weighted by atomic mass is 35.5. The van der Waals surface area contributed by atoms with Gasteiger partial charge in [0.05, 0.1) is 18.4 Å². The molecule has 1 heterocycles. The Balaban J connectivity index is 1.90. The van der Waals surface area contributed by atoms with Gasteiger partial charge in [-0.15, -0.1) is 0 Å². The zero-order valence-corrected chi connectivity index (χ0v) is 15.4. The Morgan fingerprint density at radius 1 is 1.24 bits per heavy atom. The first-order valence-electron chi connectivity index (χ1n) is 7.55. The largest absolute Gasteiger partial charge is 0.347 e. The number of halogens is 2. The van der Waals surface area contributed by atoms with Crippen molar-refractivity contribution in [1.29, 1.82) is 0 Å². The van der Waals surface area contributed by atoms with E-state index in [1.54, 1.807) is 23.0 Å². The van der Waals surface area contributed by atoms with Crippen molar-refractivity contribution < 1.29 is 9.59 Å². The Hall–Kier alpha value is -2.09. The number of anilines is 1. The van der Waals surface area contributed by atoms with Crippen molar-refractivity contribution in [3.63, 3.8) is 0 Å². The first kappa shape index (κ1) is 19.2. The minimum Gasteiger partial charge on any atom is -0.347 e. The van der Waals surface area contributed by atoms with E-state index < -0.39 is 11.8 Å². The van der Waals surface area contributed by atoms with Crippen LogP contribution in [0.25, 0.3) is 0 Å². The molecule has 2 aromatic rings. The van der Waals surface area contributed by atoms with Crippen LogP contribution in [-0.4, -0.2) is 53.7 Å². The fraction of sp³-hybridized carbons (Fsp3) is 0.312. The Morgan fingerprint density at radius 2 is 2.00 bits per heavy atom. The maximum Gasteiger partial charge on any atom is 0.313 e. The van der Waals surface area contributed by atoms with Crippen LogP contribution in [-0.2, 0) is 16.1 Å². The van der Waals surface area contributed by atoms with Crippen LogP contribution in [0.4, 0.5) is 5.69 Å². The molecule has 2 rings (SSSR count). The van der Waals surface area contributed by atoms with E-state index in [0.717, 1.165) is 5.56 Å². The summed E-state index contributed by atoms with van der Waals surface area (Å²) in [7, 11) is 3.76. The fourth-order valence-electron chi connectivity index (χ4n) is 2.00. The van der Waals surface area contributed by atoms with Gasteiger partial charge in [-0.05, 0) is 31.8 Å². The number of amides is 2. The maximum absolute atomic E-state index is 11.8. The second kappa shape index (κ2) is 8.84. The van der Waals surface area contributed by atoms with Gasteiger partial charge in [0.15, 0.2) is 0 Å². The number of rotatable bonds is 6. The molecule has 0 saturated carbocycles. The van der Waals surface area contributed by atoms with E-state index in [4.69, 9.17) is 23.2 Å². The van der Waals surface area contributed by atoms with Gasteiger partial charge in [0.2, 0.25) is 0 Å². The molecular formula is C16H19Cl2N5O2. The molecule has 0 bridgehead atoms. The lowest BCUT2D eigenvalue weighted by Gasteiger charge is -2.09. The third-order valence-electron chi connectivity index (χ3n) is 3.29. The molecule has 2 N–H and O–H groups in total. The number of likely N-dealkylation sites (N-methyl/N-ethyl adjacent to an activating group) is 1. The summed E-state index contributed by atoms with van der Waals surface area (Å²) in [5.74, 6) is -1.42. The number of benzene rings is 1. The van der Waals surface area contributed by atoms with Crippen LogP contribution in [0, 0.1) is 0 Å². The topological polar surface area (TPSA) is 79.3 Å². The van der Waals surface area contributed by atoms with Gasteiger partial charge in [-0.25, -0.2) is 0 Å². The average Bonchev–Trinajstić information content (AvgIpc) is 2.96. The molecule has 0 aliphatic rings. The molecule has 2 amide bonds. The Labute approximate surface area is 155 Å². The zero-order chi connectivity index (χ0) is 18.4. The normalized spacial score (nSPS) is 10.8. The van der Waals surface area contributed by atoms with Crippen molar-refractivity contribution in [2.45, 2.75) is 6.54 Å². The number of carbonyl (C=O) groups is 2. The average molecular weight is 384 g/mol. The molecule has 0 saturated heterocycles. The smallest absolute Gasteiger partial charge is 0.313 e. The lowest BCUT2D eigenvalue weighted by Crippen LogP contribution is -2.38. The van der Waals surface area contributed by atoms with Crippen LogP contribution in [0.2, 0.25) is 10.0 Å². The van der Waals surface area contributed by atoms with Crippen molar-refractivity contribution in [3.8, 4) is 0 Å². The van der Waals surface area contributed by atoms with Crippen molar-refractivity contribution in [2.24, 2.45) is 0 Å². The quantitative estimate of drug-likeness (QED) is 0.746. The molecule has 0 aliphatic heterocycles. The molecule has 1 aromatic heterocycles. The van der Waals surface area contributed by atoms with Gasteiger partial charge in [0, 0.05) is 29.3 Å². The predicted molar refractivity (Wildman–Crippen MR) is 98.0 cm³/mol. The Bertz CT molecular complexity index is 761. The minimum absolute atomic E-state index is 0.396. The van der Waals surface area contributed by atoms with Crippen molar-refractivity contribution in [2.75, 3.05) is 32.5 Å². The van der Waals surface area contributed by atoms with Gasteiger partial charge in [0.25, 0.3) is 0 Å². The van der Waals surface area contributed by atoms with Crippen LogP contribution in [0.5, 0.6) is 0 Å². The first-order valence-corrected chi connectivity index (χ1v) is 8.31. The Morgan fingerprint density at radius 3 is 2.68 bits per heavy atom. The summed E-state index contributed by atoms with van der Waals surface area (Å²) in [5, 5.41) is 10.3. The number of nitrogens with one attached hydrogen (secondary N) is 2. The summed E-state index contributed by atoms with van der Waals surface area (Å²) in [6.07, 6.45) is 3.09. The number of hydrogen-bond acceptors (Lipinski definition) is 4. The third kappa shape index (κ3) is 6.04. The summed E-state index contributed by atoms with van der Waals surface area (Å²) < 4.78 is 1.61. The van der Waals surface area contributed by atoms with Crippen LogP contribution in [0.3, 0.4) is 0 Å². The predicted octanol–water partition coefficient (Wildman–Crippen LogP) is 1.85. The van der Waals surface area contributed by atoms with E-state index in [1.807, 2.05) is 25.1 Å². The van der Waals surface area contributed by atoms with Crippen molar-refractivity contribution in [1.82, 2.24) is 20.0 Å². The zero-order valence-electron chi connectivity index (χ0n) is 13.9. The first-order chi connectivity index (χ1) is 11.8. The summed E-state index contributed by atoms with van der Waals surface area (Å²) in [6, 6.07) is 5.21. The molecule has 25 heavy (non-hydrogen) atoms. The van der Waals surface area contributed by atoms with Gasteiger partial charge >= 0.3 is 11.8 Å². The molecule has 0 unspecified atom stereocenters. The highest BCUT2D eigenvalue weighted by Gasteiger charge is 2.14. The van der Waals surface area contributed by atoms with E-state index >= 15 is 0 Å². The monoisotopic (exact) mass is 383 g/mol. The second-order valence-corrected chi connectivity index (χ2v) is 6.52. The Kier molecular flexibility index (Phi) is 6.81. The van der Waals surface area contributed by atoms with Gasteiger partial charge < -0.3 is 15.5 Å². The molecule has 0 aliphatic carbocycles. The van der Waals surface area contributed by atoms with E-state index in [2.05, 4.69) is 15.7 Å². The molecule has 0 spiro atoms. The van der Waals surface area contributed by atoms with Crippen LogP contribution < -0.4 is 10.6 Å². The summed E-state index contributed by atoms with van der Waals surface area (Å²) in [5.41, 5.74) is 1.27. The molecule has 7 nitrogen and oxygen atoms in total. The van der Waals surface area contributed by atoms with Gasteiger partial charge in [-0.1, -0.05) is 29.3 Å². The van der Waals surface area contributed by atoms with E-state index in [-0.39, 0.29) is 0 Å². The molecule has 1 aromatic carbocycles. The number of hydrogen-bond donors (Lipinski definition) is 2. The second-order valence-electron chi connectivity index (χ2n) is 5.68. The standard InChI is InChI=1S/C16H19Cl2N5O2/c1-22(2)6-5-19-15(24)16(25)21-13-8-20-23(10-13)9-11-3-4-12(17)7-14(11)18/h3-4,7-8,10H,5-6,9H2,1-2H3,(H,19,24)(H,21,25). The van der Waals surface area contributed by atoms with Gasteiger partial charge in [-0.2, -0.15) is 5.10 Å². The lowest BCUT2D eigenvalue weighted by atomic mass is 10.2. The van der Waals surface area contributed by atoms with Crippen molar-refractivity contribution >= 4 is 40.7 Å². The van der Waals surface area contributed by atoms with Gasteiger partial charge in [0.1, 0.15) is 0 Å². The lowest BCUT2D eigenvalue weighted by molar-refractivity contribution is -0.136. The SMILES string of the molecule is CN(C)CCNC(=O)C(=O)Nc1cnn(Cc2ccc(Cl)cc2Cl)c1. The van der Waals surface area contributed by atoms with E-state index in [0.29, 0.717) is 35.4 Å². The number of aromatic nitrogens is 2. The molecule has 9 heteroatoms. The van der Waals surface area contributed by atoms with Crippen LogP contribution >= 0.6 is 23.2 Å². The molecule has 0 radical (unpaired) electrons. The highest BCUT2D eigenvalue weighted by molar-refractivity contribution is 6.39. The van der Waals surface area contributed by atoms with Crippen molar-refractivity contribution in [3.05, 3.63) is 46.2 Å². The molecule has 134 valence electrons. The highest BCUT2D eigenvalue weighted by Crippen LogP contribution is 2.22. The molecule has 0 fully saturated rings. The van der Waals surface area contributed by atoms with Crippen LogP contribution in [0.15, 0.2) is 30.6 Å². The van der Waals surface area contributed by atoms with Gasteiger partial charge in [-0.3, -0.25) is 14.3 Å². The number of carbonyl (C=O) groups excluding carboxylic acids is 2. The number of nitrogens with zero attached hydrogens (tertiary/aromatic N) is 3. The minimum atomic E-state index is -0.733. The summed E-state index contributed by atoms with van der Waals surface area (Å²) in [4.78, 5) is 25.4. The van der Waals surface area contributed by atoms with Crippen LogP contribution in [0.1, 0.15) is 5.56 Å². The fourth-order valence-corrected chi connectivity index (χ4v) is 2.47. The summed E-state index contributed by atoms with van der Waals surface area (Å²) in [6.45, 7) is 1.47. The summed E-state index contributed by atoms with van der Waals surface area (Å²) >= 11 is 12.0. The van der Waals surface area contributed by atoms with E-state index in [9.17, 15) is 9.59 Å². The molecule has 0 atom stereocenters. The van der Waals surface area contributed by atoms with E-state index in [1.165, 1.54) is 6.20 Å². The maximum atomic E-state index is 11.8.